The predicted octanol–water partition coefficient (Wildman–Crippen LogP) is 4.37. The van der Waals surface area contributed by atoms with Crippen LogP contribution < -0.4 is 5.56 Å². The lowest BCUT2D eigenvalue weighted by molar-refractivity contribution is 0.634. The Morgan fingerprint density at radius 2 is 2.00 bits per heavy atom. The molecule has 2 aromatic heterocycles. The zero-order chi connectivity index (χ0) is 17.4. The minimum absolute atomic E-state index is 0.0248. The van der Waals surface area contributed by atoms with E-state index < -0.39 is 0 Å². The van der Waals surface area contributed by atoms with Gasteiger partial charge < -0.3 is 0 Å². The molecule has 25 heavy (non-hydrogen) atoms. The first-order valence-electron chi connectivity index (χ1n) is 7.70. The van der Waals surface area contributed by atoms with Crippen molar-refractivity contribution in [2.75, 3.05) is 0 Å². The van der Waals surface area contributed by atoms with Crippen LogP contribution in [0.2, 0.25) is 4.34 Å². The fourth-order valence-electron chi connectivity index (χ4n) is 2.69. The molecule has 0 aliphatic carbocycles. The average Bonchev–Trinajstić information content (AvgIpc) is 3.04. The number of halogens is 1. The van der Waals surface area contributed by atoms with E-state index in [1.165, 1.54) is 11.8 Å². The maximum Gasteiger partial charge on any atom is 0.262 e. The highest BCUT2D eigenvalue weighted by Gasteiger charge is 2.13. The second-order valence-electron chi connectivity index (χ2n) is 5.44. The van der Waals surface area contributed by atoms with Crippen LogP contribution in [0, 0.1) is 0 Å². The SMILES string of the molecule is CCn1c(SCc2nnsc2Cl)nc2cc3ccccc3cc2c1=O. The Kier molecular flexibility index (Phi) is 4.45. The van der Waals surface area contributed by atoms with Crippen LogP contribution in [0.1, 0.15) is 12.6 Å². The van der Waals surface area contributed by atoms with Gasteiger partial charge in [0.15, 0.2) is 5.16 Å². The number of nitrogens with zero attached hydrogens (tertiary/aromatic N) is 4. The Morgan fingerprint density at radius 1 is 1.24 bits per heavy atom. The van der Waals surface area contributed by atoms with Gasteiger partial charge in [0.05, 0.1) is 10.9 Å². The highest BCUT2D eigenvalue weighted by Crippen LogP contribution is 2.27. The van der Waals surface area contributed by atoms with Gasteiger partial charge in [-0.2, -0.15) is 0 Å². The van der Waals surface area contributed by atoms with E-state index in [0.717, 1.165) is 22.3 Å². The van der Waals surface area contributed by atoms with Crippen LogP contribution in [0.4, 0.5) is 0 Å². The molecule has 2 aromatic carbocycles. The third-order valence-electron chi connectivity index (χ3n) is 3.95. The molecular weight excluding hydrogens is 376 g/mol. The first-order chi connectivity index (χ1) is 12.2. The van der Waals surface area contributed by atoms with Crippen molar-refractivity contribution >= 4 is 56.6 Å². The summed E-state index contributed by atoms with van der Waals surface area (Å²) in [6.07, 6.45) is 0. The minimum Gasteiger partial charge on any atom is -0.287 e. The van der Waals surface area contributed by atoms with Crippen LogP contribution in [-0.2, 0) is 12.3 Å². The normalized spacial score (nSPS) is 11.4. The van der Waals surface area contributed by atoms with E-state index in [0.29, 0.717) is 38.4 Å². The number of aromatic nitrogens is 4. The van der Waals surface area contributed by atoms with E-state index in [1.54, 1.807) is 4.57 Å². The second kappa shape index (κ2) is 6.74. The molecule has 0 fully saturated rings. The fourth-order valence-corrected chi connectivity index (χ4v) is 4.49. The Labute approximate surface area is 156 Å². The van der Waals surface area contributed by atoms with Crippen LogP contribution in [0.25, 0.3) is 21.7 Å². The van der Waals surface area contributed by atoms with Gasteiger partial charge in [0.1, 0.15) is 10.0 Å². The van der Waals surface area contributed by atoms with Gasteiger partial charge in [-0.25, -0.2) is 4.98 Å². The van der Waals surface area contributed by atoms with Crippen molar-refractivity contribution in [2.24, 2.45) is 0 Å². The molecule has 4 rings (SSSR count). The van der Waals surface area contributed by atoms with E-state index in [9.17, 15) is 4.79 Å². The molecule has 0 saturated carbocycles. The second-order valence-corrected chi connectivity index (χ2v) is 7.74. The third-order valence-corrected chi connectivity index (χ3v) is 5.92. The Morgan fingerprint density at radius 3 is 2.68 bits per heavy atom. The first-order valence-corrected chi connectivity index (χ1v) is 9.84. The molecule has 0 atom stereocenters. The molecule has 0 aliphatic rings. The van der Waals surface area contributed by atoms with Crippen molar-refractivity contribution in [1.82, 2.24) is 19.1 Å². The lowest BCUT2D eigenvalue weighted by Crippen LogP contribution is -2.22. The van der Waals surface area contributed by atoms with Gasteiger partial charge in [0.25, 0.3) is 5.56 Å². The average molecular weight is 389 g/mol. The molecule has 0 spiro atoms. The van der Waals surface area contributed by atoms with Crippen molar-refractivity contribution in [2.45, 2.75) is 24.4 Å². The number of benzene rings is 2. The predicted molar refractivity (Wildman–Crippen MR) is 104 cm³/mol. The highest BCUT2D eigenvalue weighted by molar-refractivity contribution is 7.98. The quantitative estimate of drug-likeness (QED) is 0.295. The molecule has 0 bridgehead atoms. The molecule has 0 radical (unpaired) electrons. The number of hydrogen-bond acceptors (Lipinski definition) is 6. The molecule has 5 nitrogen and oxygen atoms in total. The van der Waals surface area contributed by atoms with Gasteiger partial charge in [-0.15, -0.1) is 5.10 Å². The minimum atomic E-state index is -0.0248. The topological polar surface area (TPSA) is 60.7 Å². The molecular formula is C17H13ClN4OS2. The van der Waals surface area contributed by atoms with E-state index in [1.807, 2.05) is 43.3 Å². The van der Waals surface area contributed by atoms with Crippen molar-refractivity contribution in [3.8, 4) is 0 Å². The van der Waals surface area contributed by atoms with Crippen LogP contribution in [0.3, 0.4) is 0 Å². The maximum absolute atomic E-state index is 12.9. The Bertz CT molecular complexity index is 1140. The summed E-state index contributed by atoms with van der Waals surface area (Å²) in [5.41, 5.74) is 1.40. The Hall–Kier alpha value is -1.96. The van der Waals surface area contributed by atoms with Gasteiger partial charge in [-0.3, -0.25) is 9.36 Å². The molecule has 4 aromatic rings. The molecule has 126 valence electrons. The van der Waals surface area contributed by atoms with Gasteiger partial charge in [-0.05, 0) is 29.8 Å². The molecule has 0 amide bonds. The van der Waals surface area contributed by atoms with E-state index in [-0.39, 0.29) is 5.56 Å². The fraction of sp³-hybridized carbons (Fsp3) is 0.176. The lowest BCUT2D eigenvalue weighted by Gasteiger charge is -2.11. The molecule has 0 aliphatic heterocycles. The van der Waals surface area contributed by atoms with Crippen molar-refractivity contribution < 1.29 is 0 Å². The van der Waals surface area contributed by atoms with Gasteiger partial charge in [0.2, 0.25) is 0 Å². The van der Waals surface area contributed by atoms with Crippen molar-refractivity contribution in [3.05, 3.63) is 56.8 Å². The highest BCUT2D eigenvalue weighted by atomic mass is 35.5. The van der Waals surface area contributed by atoms with E-state index in [2.05, 4.69) is 9.59 Å². The number of thioether (sulfide) groups is 1. The zero-order valence-corrected chi connectivity index (χ0v) is 15.7. The van der Waals surface area contributed by atoms with Gasteiger partial charge >= 0.3 is 0 Å². The number of fused-ring (bicyclic) bond motifs is 2. The van der Waals surface area contributed by atoms with E-state index in [4.69, 9.17) is 16.6 Å². The summed E-state index contributed by atoms with van der Waals surface area (Å²) in [5.74, 6) is 0.529. The van der Waals surface area contributed by atoms with Crippen molar-refractivity contribution in [3.63, 3.8) is 0 Å². The molecule has 2 heterocycles. The summed E-state index contributed by atoms with van der Waals surface area (Å²) in [7, 11) is 0. The maximum atomic E-state index is 12.9. The molecule has 0 unspecified atom stereocenters. The standard InChI is InChI=1S/C17H13ClN4OS2/c1-2-22-16(23)12-7-10-5-3-4-6-11(10)8-13(12)19-17(22)24-9-14-15(18)25-21-20-14/h3-8H,2,9H2,1H3. The van der Waals surface area contributed by atoms with Crippen LogP contribution in [-0.4, -0.2) is 19.1 Å². The van der Waals surface area contributed by atoms with Crippen LogP contribution in [0.15, 0.2) is 46.3 Å². The van der Waals surface area contributed by atoms with Crippen LogP contribution in [0.5, 0.6) is 0 Å². The summed E-state index contributed by atoms with van der Waals surface area (Å²) < 4.78 is 6.10. The zero-order valence-electron chi connectivity index (χ0n) is 13.3. The molecule has 0 N–H and O–H groups in total. The first kappa shape index (κ1) is 16.5. The summed E-state index contributed by atoms with van der Waals surface area (Å²) >= 11 is 8.67. The van der Waals surface area contributed by atoms with Crippen molar-refractivity contribution in [1.29, 1.82) is 0 Å². The van der Waals surface area contributed by atoms with E-state index >= 15 is 0 Å². The monoisotopic (exact) mass is 388 g/mol. The number of rotatable bonds is 4. The van der Waals surface area contributed by atoms with Gasteiger partial charge in [-0.1, -0.05) is 52.1 Å². The summed E-state index contributed by atoms with van der Waals surface area (Å²) in [5, 5.41) is 7.42. The summed E-state index contributed by atoms with van der Waals surface area (Å²) in [6, 6.07) is 11.9. The third kappa shape index (κ3) is 3.03. The smallest absolute Gasteiger partial charge is 0.262 e. The Balaban J connectivity index is 1.84. The summed E-state index contributed by atoms with van der Waals surface area (Å²) in [6.45, 7) is 2.50. The van der Waals surface area contributed by atoms with Gasteiger partial charge in [0, 0.05) is 23.8 Å². The largest absolute Gasteiger partial charge is 0.287 e. The number of hydrogen-bond donors (Lipinski definition) is 0. The lowest BCUT2D eigenvalue weighted by atomic mass is 10.1. The van der Waals surface area contributed by atoms with Crippen LogP contribution >= 0.6 is 34.9 Å². The summed E-state index contributed by atoms with van der Waals surface area (Å²) in [4.78, 5) is 17.6. The molecule has 0 saturated heterocycles. The molecule has 8 heteroatoms.